The molecule has 9 heteroatoms. The van der Waals surface area contributed by atoms with Gasteiger partial charge in [0.05, 0.1) is 22.9 Å². The van der Waals surface area contributed by atoms with E-state index in [1.807, 2.05) is 24.3 Å². The number of amides is 1. The zero-order chi connectivity index (χ0) is 27.8. The number of nitrogens with one attached hydrogen (secondary N) is 1. The molecule has 4 aromatic rings. The molecular weight excluding hydrogens is 568 g/mol. The molecular formula is C31H26Cl2FN3O2S. The van der Waals surface area contributed by atoms with Crippen LogP contribution in [0.4, 0.5) is 4.39 Å². The second-order valence-electron chi connectivity index (χ2n) is 10.0. The predicted octanol–water partition coefficient (Wildman–Crippen LogP) is 6.97. The fraction of sp³-hybridized carbons (Fsp3) is 0.226. The van der Waals surface area contributed by atoms with E-state index >= 15 is 0 Å². The molecule has 0 radical (unpaired) electrons. The van der Waals surface area contributed by atoms with Gasteiger partial charge >= 0.3 is 0 Å². The SMILES string of the molecule is O=C(N[C@@H]1c2ccccc2C[C@@H]1O)c1nn(-c2ccc(Cl)cc2Cl)c2c1CSC/C(=C\c1ccc(F)cc1)CC2. The molecule has 1 amide bonds. The highest BCUT2D eigenvalue weighted by Crippen LogP contribution is 2.35. The Morgan fingerprint density at radius 1 is 1.07 bits per heavy atom. The Bertz CT molecular complexity index is 1620. The fourth-order valence-electron chi connectivity index (χ4n) is 5.43. The maximum Gasteiger partial charge on any atom is 0.272 e. The van der Waals surface area contributed by atoms with Gasteiger partial charge in [0.1, 0.15) is 5.82 Å². The van der Waals surface area contributed by atoms with Crippen LogP contribution >= 0.6 is 35.0 Å². The van der Waals surface area contributed by atoms with Crippen molar-refractivity contribution in [2.24, 2.45) is 0 Å². The van der Waals surface area contributed by atoms with Gasteiger partial charge in [-0.15, -0.1) is 0 Å². The number of aromatic nitrogens is 2. The number of aliphatic hydroxyl groups excluding tert-OH is 1. The Morgan fingerprint density at radius 2 is 1.88 bits per heavy atom. The number of hydrogen-bond donors (Lipinski definition) is 2. The van der Waals surface area contributed by atoms with E-state index in [-0.39, 0.29) is 11.7 Å². The van der Waals surface area contributed by atoms with Crippen LogP contribution < -0.4 is 5.32 Å². The third-order valence-corrected chi connectivity index (χ3v) is 9.00. The number of rotatable bonds is 4. The Morgan fingerprint density at radius 3 is 2.67 bits per heavy atom. The lowest BCUT2D eigenvalue weighted by atomic mass is 10.0. The zero-order valence-electron chi connectivity index (χ0n) is 21.4. The number of hydrogen-bond acceptors (Lipinski definition) is 4. The molecule has 2 heterocycles. The summed E-state index contributed by atoms with van der Waals surface area (Å²) in [4.78, 5) is 13.7. The van der Waals surface area contributed by atoms with Crippen molar-refractivity contribution >= 4 is 46.9 Å². The van der Waals surface area contributed by atoms with E-state index < -0.39 is 12.1 Å². The van der Waals surface area contributed by atoms with Crippen molar-refractivity contribution in [3.8, 4) is 5.69 Å². The van der Waals surface area contributed by atoms with E-state index in [1.165, 1.54) is 17.7 Å². The summed E-state index contributed by atoms with van der Waals surface area (Å²) in [5.41, 5.74) is 6.85. The van der Waals surface area contributed by atoms with Gasteiger partial charge in [0.15, 0.2) is 5.69 Å². The standard InChI is InChI=1S/C31H26Cl2FN3O2S/c32-21-8-12-27(25(33)15-21)37-26-11-7-19(13-18-5-9-22(34)10-6-18)16-40-17-24(26)30(36-37)31(39)35-29-23-4-2-1-3-20(23)14-28(29)38/h1-6,8-10,12-13,15,28-29,38H,7,11,14,16-17H2,(H,35,39)/b19-13-/t28-,29+/m0/s1. The predicted molar refractivity (Wildman–Crippen MR) is 159 cm³/mol. The van der Waals surface area contributed by atoms with Crippen molar-refractivity contribution < 1.29 is 14.3 Å². The van der Waals surface area contributed by atoms with E-state index in [4.69, 9.17) is 28.3 Å². The second-order valence-corrected chi connectivity index (χ2v) is 11.9. The van der Waals surface area contributed by atoms with Gasteiger partial charge in [0.2, 0.25) is 0 Å². The molecule has 0 saturated heterocycles. The number of carbonyl (C=O) groups excluding carboxylic acids is 1. The Balaban J connectivity index is 1.36. The number of carbonyl (C=O) groups is 1. The summed E-state index contributed by atoms with van der Waals surface area (Å²) in [6.07, 6.45) is 3.26. The minimum atomic E-state index is -0.704. The van der Waals surface area contributed by atoms with Crippen LogP contribution in [0.3, 0.4) is 0 Å². The van der Waals surface area contributed by atoms with Crippen LogP contribution in [0.2, 0.25) is 10.0 Å². The minimum absolute atomic E-state index is 0.262. The number of benzene rings is 3. The number of fused-ring (bicyclic) bond motifs is 2. The summed E-state index contributed by atoms with van der Waals surface area (Å²) in [6, 6.07) is 18.9. The van der Waals surface area contributed by atoms with Gasteiger partial charge in [-0.2, -0.15) is 16.9 Å². The summed E-state index contributed by atoms with van der Waals surface area (Å²) in [6.45, 7) is 0. The van der Waals surface area contributed by atoms with Gasteiger partial charge in [0.25, 0.3) is 5.91 Å². The van der Waals surface area contributed by atoms with E-state index in [9.17, 15) is 14.3 Å². The highest BCUT2D eigenvalue weighted by molar-refractivity contribution is 7.98. The quantitative estimate of drug-likeness (QED) is 0.268. The first-order chi connectivity index (χ1) is 19.4. The molecule has 0 unspecified atom stereocenters. The molecule has 6 rings (SSSR count). The van der Waals surface area contributed by atoms with Crippen molar-refractivity contribution in [1.29, 1.82) is 0 Å². The first-order valence-corrected chi connectivity index (χ1v) is 14.9. The molecule has 0 bridgehead atoms. The van der Waals surface area contributed by atoms with Gasteiger partial charge in [-0.3, -0.25) is 4.79 Å². The van der Waals surface area contributed by atoms with Crippen LogP contribution in [-0.2, 0) is 18.6 Å². The molecule has 0 spiro atoms. The normalized spacial score (nSPS) is 19.6. The topological polar surface area (TPSA) is 67.2 Å². The highest BCUT2D eigenvalue weighted by Gasteiger charge is 2.34. The van der Waals surface area contributed by atoms with E-state index in [1.54, 1.807) is 46.8 Å². The number of halogens is 3. The molecule has 1 aliphatic heterocycles. The van der Waals surface area contributed by atoms with Crippen LogP contribution in [-0.4, -0.2) is 32.7 Å². The van der Waals surface area contributed by atoms with Crippen molar-refractivity contribution in [1.82, 2.24) is 15.1 Å². The Hall–Kier alpha value is -3.10. The van der Waals surface area contributed by atoms with Crippen LogP contribution in [0.15, 0.2) is 72.3 Å². The average Bonchev–Trinajstić information content (AvgIpc) is 3.43. The largest absolute Gasteiger partial charge is 0.390 e. The fourth-order valence-corrected chi connectivity index (χ4v) is 7.02. The van der Waals surface area contributed by atoms with Crippen LogP contribution in [0.5, 0.6) is 0 Å². The molecule has 2 N–H and O–H groups in total. The van der Waals surface area contributed by atoms with E-state index in [0.29, 0.717) is 40.0 Å². The zero-order valence-corrected chi connectivity index (χ0v) is 23.7. The lowest BCUT2D eigenvalue weighted by molar-refractivity contribution is 0.0852. The van der Waals surface area contributed by atoms with Gasteiger partial charge in [-0.1, -0.05) is 71.2 Å². The average molecular weight is 595 g/mol. The van der Waals surface area contributed by atoms with Crippen LogP contribution in [0.1, 0.15) is 50.9 Å². The number of aliphatic hydroxyl groups is 1. The molecule has 1 aromatic heterocycles. The summed E-state index contributed by atoms with van der Waals surface area (Å²) >= 11 is 14.5. The second kappa shape index (κ2) is 11.4. The van der Waals surface area contributed by atoms with Gasteiger partial charge < -0.3 is 10.4 Å². The molecule has 0 fully saturated rings. The first kappa shape index (κ1) is 27.1. The summed E-state index contributed by atoms with van der Waals surface area (Å²) in [5, 5.41) is 19.5. The Kier molecular flexibility index (Phi) is 7.73. The smallest absolute Gasteiger partial charge is 0.272 e. The van der Waals surface area contributed by atoms with Gasteiger partial charge in [-0.05, 0) is 59.9 Å². The third-order valence-electron chi connectivity index (χ3n) is 7.39. The molecule has 0 saturated carbocycles. The monoisotopic (exact) mass is 593 g/mol. The van der Waals surface area contributed by atoms with Crippen molar-refractivity contribution in [3.05, 3.63) is 122 Å². The maximum absolute atomic E-state index is 13.7. The van der Waals surface area contributed by atoms with Crippen molar-refractivity contribution in [3.63, 3.8) is 0 Å². The first-order valence-electron chi connectivity index (χ1n) is 13.0. The molecule has 3 aromatic carbocycles. The molecule has 5 nitrogen and oxygen atoms in total. The summed E-state index contributed by atoms with van der Waals surface area (Å²) < 4.78 is 15.2. The molecule has 2 atom stereocenters. The summed E-state index contributed by atoms with van der Waals surface area (Å²) in [7, 11) is 0. The van der Waals surface area contributed by atoms with E-state index in [2.05, 4.69) is 11.4 Å². The number of thioether (sulfide) groups is 1. The number of nitrogens with zero attached hydrogens (tertiary/aromatic N) is 2. The molecule has 1 aliphatic carbocycles. The van der Waals surface area contributed by atoms with E-state index in [0.717, 1.165) is 40.1 Å². The van der Waals surface area contributed by atoms with Crippen molar-refractivity contribution in [2.45, 2.75) is 37.2 Å². The van der Waals surface area contributed by atoms with Gasteiger partial charge in [-0.25, -0.2) is 9.07 Å². The molecule has 2 aliphatic rings. The van der Waals surface area contributed by atoms with Gasteiger partial charge in [0, 0.05) is 34.2 Å². The lowest BCUT2D eigenvalue weighted by Crippen LogP contribution is -2.34. The van der Waals surface area contributed by atoms with Crippen molar-refractivity contribution in [2.75, 3.05) is 5.75 Å². The molecule has 40 heavy (non-hydrogen) atoms. The lowest BCUT2D eigenvalue weighted by Gasteiger charge is -2.18. The highest BCUT2D eigenvalue weighted by atomic mass is 35.5. The van der Waals surface area contributed by atoms with Crippen LogP contribution in [0, 0.1) is 5.82 Å². The summed E-state index contributed by atoms with van der Waals surface area (Å²) in [5.74, 6) is 0.763. The minimum Gasteiger partial charge on any atom is -0.390 e. The Labute approximate surface area is 246 Å². The third kappa shape index (κ3) is 5.44. The van der Waals surface area contributed by atoms with Crippen LogP contribution in [0.25, 0.3) is 11.8 Å². The maximum atomic E-state index is 13.7. The molecule has 204 valence electrons.